The van der Waals surface area contributed by atoms with E-state index in [0.717, 1.165) is 23.1 Å². The van der Waals surface area contributed by atoms with Gasteiger partial charge in [-0.1, -0.05) is 31.8 Å². The highest BCUT2D eigenvalue weighted by Gasteiger charge is 2.35. The largest absolute Gasteiger partial charge is 0.486 e. The molecule has 10 nitrogen and oxygen atoms in total. The highest BCUT2D eigenvalue weighted by atomic mass is 28.3. The van der Waals surface area contributed by atoms with Crippen molar-refractivity contribution >= 4 is 26.1 Å². The van der Waals surface area contributed by atoms with Crippen molar-refractivity contribution in [1.82, 2.24) is 19.9 Å². The lowest BCUT2D eigenvalue weighted by Gasteiger charge is -2.25. The van der Waals surface area contributed by atoms with Gasteiger partial charge in [-0.25, -0.2) is 9.97 Å². The Morgan fingerprint density at radius 2 is 2.06 bits per heavy atom. The summed E-state index contributed by atoms with van der Waals surface area (Å²) in [4.78, 5) is 25.2. The van der Waals surface area contributed by atoms with Crippen LogP contribution in [0.3, 0.4) is 0 Å². The maximum absolute atomic E-state index is 6.12. The molecule has 0 radical (unpaired) electrons. The van der Waals surface area contributed by atoms with E-state index in [-0.39, 0.29) is 12.8 Å². The highest BCUT2D eigenvalue weighted by molar-refractivity contribution is 6.76. The SMILES string of the molecule is C/C=C/C=C1\C=N/C2Cc3c(nc(NC)nc3N2COCC[Si](C)(C)C)OCc2nccc(n2)CO1. The maximum Gasteiger partial charge on any atom is 0.227 e. The third-order valence-corrected chi connectivity index (χ3v) is 7.43. The Morgan fingerprint density at radius 3 is 2.83 bits per heavy atom. The molecule has 0 amide bonds. The zero-order chi connectivity index (χ0) is 25.5. The zero-order valence-electron chi connectivity index (χ0n) is 21.7. The second kappa shape index (κ2) is 11.6. The van der Waals surface area contributed by atoms with E-state index in [0.29, 0.717) is 49.8 Å². The second-order valence-corrected chi connectivity index (χ2v) is 15.4. The van der Waals surface area contributed by atoms with Gasteiger partial charge in [-0.05, 0) is 25.1 Å². The predicted octanol–water partition coefficient (Wildman–Crippen LogP) is 3.95. The molecule has 0 saturated heterocycles. The molecule has 1 unspecified atom stereocenters. The van der Waals surface area contributed by atoms with Crippen LogP contribution in [0.5, 0.6) is 5.88 Å². The number of hydrogen-bond donors (Lipinski definition) is 1. The van der Waals surface area contributed by atoms with Gasteiger partial charge < -0.3 is 24.4 Å². The van der Waals surface area contributed by atoms with E-state index in [1.807, 2.05) is 31.2 Å². The van der Waals surface area contributed by atoms with E-state index >= 15 is 0 Å². The third-order valence-electron chi connectivity index (χ3n) is 5.73. The molecule has 36 heavy (non-hydrogen) atoms. The monoisotopic (exact) mass is 509 g/mol. The van der Waals surface area contributed by atoms with E-state index in [2.05, 4.69) is 44.8 Å². The molecule has 4 rings (SSSR count). The number of aliphatic imine (C=N–C) groups is 1. The van der Waals surface area contributed by atoms with Gasteiger partial charge >= 0.3 is 0 Å². The molecule has 0 aliphatic carbocycles. The van der Waals surface area contributed by atoms with E-state index in [1.54, 1.807) is 19.5 Å². The third kappa shape index (κ3) is 6.67. The van der Waals surface area contributed by atoms with Crippen LogP contribution in [0.15, 0.2) is 41.2 Å². The fraction of sp³-hybridized carbons (Fsp3) is 0.480. The van der Waals surface area contributed by atoms with Crippen molar-refractivity contribution in [3.63, 3.8) is 0 Å². The molecule has 4 bridgehead atoms. The van der Waals surface area contributed by atoms with Crippen LogP contribution in [-0.4, -0.2) is 60.8 Å². The van der Waals surface area contributed by atoms with Crippen LogP contribution in [-0.2, 0) is 29.1 Å². The first-order valence-electron chi connectivity index (χ1n) is 12.2. The number of allylic oxidation sites excluding steroid dienone is 4. The molecule has 11 heteroatoms. The van der Waals surface area contributed by atoms with Crippen LogP contribution in [0.25, 0.3) is 0 Å². The Morgan fingerprint density at radius 1 is 1.19 bits per heavy atom. The summed E-state index contributed by atoms with van der Waals surface area (Å²) >= 11 is 0. The minimum absolute atomic E-state index is 0.183. The van der Waals surface area contributed by atoms with E-state index < -0.39 is 8.07 Å². The van der Waals surface area contributed by atoms with Crippen molar-refractivity contribution in [1.29, 1.82) is 0 Å². The Labute approximate surface area is 213 Å². The summed E-state index contributed by atoms with van der Waals surface area (Å²) in [6.45, 7) is 10.5. The van der Waals surface area contributed by atoms with Crippen molar-refractivity contribution in [3.8, 4) is 5.88 Å². The number of fused-ring (bicyclic) bond motifs is 3. The Bertz CT molecular complexity index is 1150. The minimum Gasteiger partial charge on any atom is -0.486 e. The number of nitrogens with zero attached hydrogens (tertiary/aromatic N) is 6. The first kappa shape index (κ1) is 25.8. The molecule has 0 fully saturated rings. The molecule has 1 N–H and O–H groups in total. The second-order valence-electron chi connectivity index (χ2n) is 9.82. The molecule has 0 saturated carbocycles. The molecular weight excluding hydrogens is 474 g/mol. The summed E-state index contributed by atoms with van der Waals surface area (Å²) in [7, 11) is 0.583. The maximum atomic E-state index is 6.12. The summed E-state index contributed by atoms with van der Waals surface area (Å²) in [6.07, 6.45) is 9.58. The number of aromatic nitrogens is 4. The van der Waals surface area contributed by atoms with Gasteiger partial charge in [0, 0.05) is 34.3 Å². The summed E-state index contributed by atoms with van der Waals surface area (Å²) in [6, 6.07) is 2.91. The lowest BCUT2D eigenvalue weighted by Crippen LogP contribution is -2.34. The molecule has 0 aromatic carbocycles. The van der Waals surface area contributed by atoms with Gasteiger partial charge in [-0.3, -0.25) is 4.99 Å². The first-order valence-corrected chi connectivity index (χ1v) is 15.9. The Balaban J connectivity index is 1.70. The van der Waals surface area contributed by atoms with Crippen molar-refractivity contribution in [2.24, 2.45) is 4.99 Å². The van der Waals surface area contributed by atoms with Crippen LogP contribution in [0.4, 0.5) is 11.8 Å². The average molecular weight is 510 g/mol. The van der Waals surface area contributed by atoms with Crippen molar-refractivity contribution in [3.05, 3.63) is 53.3 Å². The normalized spacial score (nSPS) is 19.6. The van der Waals surface area contributed by atoms with Gasteiger partial charge in [-0.15, -0.1) is 0 Å². The number of ether oxygens (including phenoxy) is 3. The topological polar surface area (TPSA) is 107 Å². The lowest BCUT2D eigenvalue weighted by atomic mass is 10.2. The van der Waals surface area contributed by atoms with Crippen LogP contribution >= 0.6 is 0 Å². The molecule has 2 aliphatic heterocycles. The molecule has 0 spiro atoms. The number of nitrogens with one attached hydrogen (secondary N) is 1. The van der Waals surface area contributed by atoms with E-state index in [9.17, 15) is 0 Å². The van der Waals surface area contributed by atoms with Gasteiger partial charge in [0.25, 0.3) is 0 Å². The number of rotatable bonds is 7. The standard InChI is InChI=1S/C25H35N7O3Si/c1-6-7-8-19-14-28-22-13-20-23(32(22)17-33-11-12-36(3,4)5)30-25(26-2)31-24(20)35-16-21-27-10-9-18(29-21)15-34-19/h6-10,14,22H,11-13,15-17H2,1-5H3,(H,26,30,31)/b7-6+,19-8+,28-14-. The number of anilines is 2. The van der Waals surface area contributed by atoms with Crippen molar-refractivity contribution < 1.29 is 14.2 Å². The van der Waals surface area contributed by atoms with Crippen LogP contribution in [0.2, 0.25) is 25.7 Å². The fourth-order valence-electron chi connectivity index (χ4n) is 3.72. The minimum atomic E-state index is -1.20. The van der Waals surface area contributed by atoms with Crippen molar-refractivity contribution in [2.75, 3.05) is 30.6 Å². The van der Waals surface area contributed by atoms with Gasteiger partial charge in [0.2, 0.25) is 11.8 Å². The molecule has 192 valence electrons. The molecule has 4 heterocycles. The summed E-state index contributed by atoms with van der Waals surface area (Å²) in [5.74, 6) is 2.92. The van der Waals surface area contributed by atoms with Gasteiger partial charge in [0.05, 0.1) is 17.5 Å². The van der Waals surface area contributed by atoms with Crippen LogP contribution in [0, 0.1) is 0 Å². The molecule has 2 aliphatic rings. The van der Waals surface area contributed by atoms with Crippen LogP contribution < -0.4 is 15.0 Å². The van der Waals surface area contributed by atoms with Gasteiger partial charge in [-0.2, -0.15) is 9.97 Å². The van der Waals surface area contributed by atoms with Gasteiger partial charge in [0.15, 0.2) is 5.82 Å². The predicted molar refractivity (Wildman–Crippen MR) is 143 cm³/mol. The Kier molecular flexibility index (Phi) is 8.31. The molecule has 2 aromatic rings. The average Bonchev–Trinajstić information content (AvgIpc) is 3.21. The fourth-order valence-corrected chi connectivity index (χ4v) is 4.47. The smallest absolute Gasteiger partial charge is 0.227 e. The highest BCUT2D eigenvalue weighted by Crippen LogP contribution is 2.37. The van der Waals surface area contributed by atoms with E-state index in [4.69, 9.17) is 24.2 Å². The van der Waals surface area contributed by atoms with Gasteiger partial charge in [0.1, 0.15) is 37.7 Å². The molecular formula is C25H35N7O3Si. The Hall–Kier alpha value is -3.31. The lowest BCUT2D eigenvalue weighted by molar-refractivity contribution is 0.142. The molecule has 1 atom stereocenters. The van der Waals surface area contributed by atoms with Crippen LogP contribution in [0.1, 0.15) is 24.0 Å². The van der Waals surface area contributed by atoms with E-state index in [1.165, 1.54) is 0 Å². The zero-order valence-corrected chi connectivity index (χ0v) is 22.7. The van der Waals surface area contributed by atoms with Crippen molar-refractivity contribution in [2.45, 2.75) is 58.4 Å². The summed E-state index contributed by atoms with van der Waals surface area (Å²) in [5, 5.41) is 3.04. The first-order chi connectivity index (χ1) is 17.4. The quantitative estimate of drug-likeness (QED) is 0.438. The summed E-state index contributed by atoms with van der Waals surface area (Å²) in [5.41, 5.74) is 1.64. The number of hydrogen-bond acceptors (Lipinski definition) is 10. The summed E-state index contributed by atoms with van der Waals surface area (Å²) < 4.78 is 18.3. The molecule has 2 aromatic heterocycles.